The minimum Gasteiger partial charge on any atom is -0.384 e. The largest absolute Gasteiger partial charge is 0.384 e. The number of hydrogen-bond acceptors (Lipinski definition) is 4. The van der Waals surface area contributed by atoms with E-state index in [1.54, 1.807) is 18.4 Å². The maximum Gasteiger partial charge on any atom is 0.251 e. The molecule has 0 spiro atoms. The van der Waals surface area contributed by atoms with E-state index in [1.807, 2.05) is 13.8 Å². The lowest BCUT2D eigenvalue weighted by Crippen LogP contribution is -2.36. The van der Waals surface area contributed by atoms with Gasteiger partial charge in [0.25, 0.3) is 5.91 Å². The number of aromatic nitrogens is 1. The minimum atomic E-state index is -0.932. The summed E-state index contributed by atoms with van der Waals surface area (Å²) in [6.45, 7) is 3.88. The van der Waals surface area contributed by atoms with Crippen LogP contribution in [0.4, 0.5) is 5.82 Å². The summed E-state index contributed by atoms with van der Waals surface area (Å²) in [5, 5.41) is 2.81. The third-order valence-corrected chi connectivity index (χ3v) is 3.50. The van der Waals surface area contributed by atoms with Crippen molar-refractivity contribution in [3.8, 4) is 0 Å². The van der Waals surface area contributed by atoms with E-state index in [9.17, 15) is 9.00 Å². The number of nitrogens with one attached hydrogen (secondary N) is 1. The van der Waals surface area contributed by atoms with Gasteiger partial charge < -0.3 is 11.1 Å². The van der Waals surface area contributed by atoms with Crippen LogP contribution in [-0.4, -0.2) is 33.2 Å². The summed E-state index contributed by atoms with van der Waals surface area (Å²) in [5.74, 6) is 0.584. The second kappa shape index (κ2) is 7.23. The summed E-state index contributed by atoms with van der Waals surface area (Å²) in [6, 6.07) is 3.18. The van der Waals surface area contributed by atoms with Gasteiger partial charge in [-0.15, -0.1) is 0 Å². The first-order valence-electron chi connectivity index (χ1n) is 6.29. The van der Waals surface area contributed by atoms with E-state index in [1.165, 1.54) is 0 Å². The van der Waals surface area contributed by atoms with Crippen molar-refractivity contribution in [1.82, 2.24) is 10.3 Å². The van der Waals surface area contributed by atoms with Crippen molar-refractivity contribution in [1.29, 1.82) is 0 Å². The average molecular weight is 283 g/mol. The van der Waals surface area contributed by atoms with Crippen molar-refractivity contribution in [3.63, 3.8) is 0 Å². The molecule has 1 aromatic rings. The number of nitrogens with zero attached hydrogens (tertiary/aromatic N) is 1. The molecule has 1 amide bonds. The van der Waals surface area contributed by atoms with Gasteiger partial charge >= 0.3 is 0 Å². The van der Waals surface area contributed by atoms with Crippen molar-refractivity contribution in [3.05, 3.63) is 23.4 Å². The Balaban J connectivity index is 2.78. The molecule has 2 unspecified atom stereocenters. The predicted molar refractivity (Wildman–Crippen MR) is 78.5 cm³/mol. The van der Waals surface area contributed by atoms with Gasteiger partial charge in [-0.25, -0.2) is 4.98 Å². The van der Waals surface area contributed by atoms with Gasteiger partial charge in [-0.2, -0.15) is 0 Å². The SMILES string of the molecule is CCCc1cc(C(=O)NC(C)CS(C)=O)cc(N)n1. The van der Waals surface area contributed by atoms with Crippen molar-refractivity contribution in [2.45, 2.75) is 32.7 Å². The molecule has 19 heavy (non-hydrogen) atoms. The fourth-order valence-electron chi connectivity index (χ4n) is 1.83. The number of aryl methyl sites for hydroxylation is 1. The Labute approximate surface area is 116 Å². The Hall–Kier alpha value is -1.43. The smallest absolute Gasteiger partial charge is 0.251 e. The second-order valence-corrected chi connectivity index (χ2v) is 6.12. The van der Waals surface area contributed by atoms with Crippen molar-refractivity contribution in [2.24, 2.45) is 0 Å². The van der Waals surface area contributed by atoms with Crippen LogP contribution < -0.4 is 11.1 Å². The molecular weight excluding hydrogens is 262 g/mol. The number of carbonyl (C=O) groups excluding carboxylic acids is 1. The Kier molecular flexibility index (Phi) is 5.95. The molecule has 0 saturated heterocycles. The zero-order valence-electron chi connectivity index (χ0n) is 11.6. The van der Waals surface area contributed by atoms with Gasteiger partial charge in [-0.1, -0.05) is 13.3 Å². The van der Waals surface area contributed by atoms with Gasteiger partial charge in [0.2, 0.25) is 0 Å². The highest BCUT2D eigenvalue weighted by Crippen LogP contribution is 2.10. The van der Waals surface area contributed by atoms with Gasteiger partial charge in [0.05, 0.1) is 0 Å². The summed E-state index contributed by atoms with van der Waals surface area (Å²) in [4.78, 5) is 16.2. The minimum absolute atomic E-state index is 0.137. The Morgan fingerprint density at radius 2 is 2.21 bits per heavy atom. The third-order valence-electron chi connectivity index (χ3n) is 2.53. The normalized spacial score (nSPS) is 13.8. The topological polar surface area (TPSA) is 85.1 Å². The molecule has 1 heterocycles. The summed E-state index contributed by atoms with van der Waals surface area (Å²) in [6.07, 6.45) is 3.36. The average Bonchev–Trinajstić information content (AvgIpc) is 2.27. The molecule has 106 valence electrons. The van der Waals surface area contributed by atoms with E-state index in [0.717, 1.165) is 18.5 Å². The van der Waals surface area contributed by atoms with E-state index in [2.05, 4.69) is 10.3 Å². The number of nitrogens with two attached hydrogens (primary N) is 1. The Bertz CT molecular complexity index is 477. The number of nitrogen functional groups attached to an aromatic ring is 1. The first kappa shape index (κ1) is 15.6. The highest BCUT2D eigenvalue weighted by atomic mass is 32.2. The Morgan fingerprint density at radius 3 is 2.79 bits per heavy atom. The molecule has 1 aromatic heterocycles. The van der Waals surface area contributed by atoms with Gasteiger partial charge in [0.1, 0.15) is 5.82 Å². The monoisotopic (exact) mass is 283 g/mol. The van der Waals surface area contributed by atoms with Crippen LogP contribution in [0.3, 0.4) is 0 Å². The summed E-state index contributed by atoms with van der Waals surface area (Å²) >= 11 is 0. The van der Waals surface area contributed by atoms with Crippen LogP contribution in [0.15, 0.2) is 12.1 Å². The zero-order valence-corrected chi connectivity index (χ0v) is 12.4. The number of hydrogen-bond donors (Lipinski definition) is 2. The van der Waals surface area contributed by atoms with E-state index in [4.69, 9.17) is 5.73 Å². The highest BCUT2D eigenvalue weighted by molar-refractivity contribution is 7.84. The van der Waals surface area contributed by atoms with E-state index in [-0.39, 0.29) is 11.9 Å². The Morgan fingerprint density at radius 1 is 1.53 bits per heavy atom. The molecule has 0 aliphatic rings. The summed E-state index contributed by atoms with van der Waals surface area (Å²) < 4.78 is 11.1. The number of anilines is 1. The molecule has 6 heteroatoms. The lowest BCUT2D eigenvalue weighted by atomic mass is 10.1. The number of rotatable bonds is 6. The van der Waals surface area contributed by atoms with Crippen molar-refractivity contribution < 1.29 is 9.00 Å². The number of amides is 1. The number of pyridine rings is 1. The van der Waals surface area contributed by atoms with Gasteiger partial charge in [-0.05, 0) is 25.5 Å². The fourth-order valence-corrected chi connectivity index (χ4v) is 2.61. The van der Waals surface area contributed by atoms with Crippen LogP contribution in [0.25, 0.3) is 0 Å². The first-order valence-corrected chi connectivity index (χ1v) is 8.02. The van der Waals surface area contributed by atoms with E-state index in [0.29, 0.717) is 17.1 Å². The van der Waals surface area contributed by atoms with Gasteiger partial charge in [0, 0.05) is 40.1 Å². The first-order chi connectivity index (χ1) is 8.92. The molecule has 0 aliphatic heterocycles. The van der Waals surface area contributed by atoms with E-state index >= 15 is 0 Å². The van der Waals surface area contributed by atoms with Crippen LogP contribution in [0.1, 0.15) is 36.3 Å². The molecule has 1 rings (SSSR count). The molecule has 0 aliphatic carbocycles. The van der Waals surface area contributed by atoms with Crippen LogP contribution in [0.2, 0.25) is 0 Å². The van der Waals surface area contributed by atoms with Gasteiger partial charge in [0.15, 0.2) is 0 Å². The quantitative estimate of drug-likeness (QED) is 0.819. The molecule has 5 nitrogen and oxygen atoms in total. The zero-order chi connectivity index (χ0) is 14.4. The van der Waals surface area contributed by atoms with Gasteiger partial charge in [-0.3, -0.25) is 9.00 Å². The summed E-state index contributed by atoms with van der Waals surface area (Å²) in [7, 11) is -0.932. The van der Waals surface area contributed by atoms with Crippen molar-refractivity contribution in [2.75, 3.05) is 17.7 Å². The van der Waals surface area contributed by atoms with Crippen LogP contribution in [-0.2, 0) is 17.2 Å². The third kappa shape index (κ3) is 5.38. The maximum absolute atomic E-state index is 12.1. The molecule has 3 N–H and O–H groups in total. The maximum atomic E-state index is 12.1. The molecule has 0 fully saturated rings. The highest BCUT2D eigenvalue weighted by Gasteiger charge is 2.12. The van der Waals surface area contributed by atoms with E-state index < -0.39 is 10.8 Å². The van der Waals surface area contributed by atoms with Crippen molar-refractivity contribution >= 4 is 22.5 Å². The summed E-state index contributed by atoms with van der Waals surface area (Å²) in [5.41, 5.74) is 7.02. The van der Waals surface area contributed by atoms with Crippen LogP contribution in [0, 0.1) is 0 Å². The molecule has 0 bridgehead atoms. The molecular formula is C13H21N3O2S. The van der Waals surface area contributed by atoms with Crippen LogP contribution >= 0.6 is 0 Å². The number of carbonyl (C=O) groups is 1. The van der Waals surface area contributed by atoms with Crippen LogP contribution in [0.5, 0.6) is 0 Å². The second-order valence-electron chi connectivity index (χ2n) is 4.64. The predicted octanol–water partition coefficient (Wildman–Crippen LogP) is 1.11. The molecule has 2 atom stereocenters. The lowest BCUT2D eigenvalue weighted by molar-refractivity contribution is 0.0943. The lowest BCUT2D eigenvalue weighted by Gasteiger charge is -2.13. The molecule has 0 aromatic carbocycles. The standard InChI is InChI=1S/C13H21N3O2S/c1-4-5-11-6-10(7-12(14)16-11)13(17)15-9(2)8-19(3)18/h6-7,9H,4-5,8H2,1-3H3,(H2,14,16)(H,15,17). The molecule has 0 saturated carbocycles. The molecule has 0 radical (unpaired) electrons. The fraction of sp³-hybridized carbons (Fsp3) is 0.538.